The van der Waals surface area contributed by atoms with Crippen LogP contribution in [0.15, 0.2) is 12.4 Å². The fourth-order valence-electron chi connectivity index (χ4n) is 1.52. The number of hydrogen-bond donors (Lipinski definition) is 0. The number of likely N-dealkylation sites (tertiary alicyclic amines) is 1. The van der Waals surface area contributed by atoms with E-state index in [4.69, 9.17) is 0 Å². The van der Waals surface area contributed by atoms with Gasteiger partial charge in [0.1, 0.15) is 5.83 Å². The van der Waals surface area contributed by atoms with Crippen LogP contribution in [0, 0.1) is 0 Å². The van der Waals surface area contributed by atoms with Gasteiger partial charge in [-0.3, -0.25) is 4.90 Å². The van der Waals surface area contributed by atoms with Crippen molar-refractivity contribution in [3.8, 4) is 0 Å². The Morgan fingerprint density at radius 3 is 2.08 bits per heavy atom. The van der Waals surface area contributed by atoms with E-state index in [0.29, 0.717) is 13.1 Å². The summed E-state index contributed by atoms with van der Waals surface area (Å²) in [7, 11) is 0. The minimum Gasteiger partial charge on any atom is -0.268 e. The molecule has 0 aliphatic carbocycles. The summed E-state index contributed by atoms with van der Waals surface area (Å²) in [6.45, 7) is 4.29. The predicted molar refractivity (Wildman–Crippen MR) is 45.2 cm³/mol. The zero-order valence-electron chi connectivity index (χ0n) is 7.23. The molecular weight excluding hydrogens is 160 g/mol. The summed E-state index contributed by atoms with van der Waals surface area (Å²) in [5.41, 5.74) is 0. The first-order chi connectivity index (χ1) is 5.72. The summed E-state index contributed by atoms with van der Waals surface area (Å²) in [5, 5.41) is 0. The predicted octanol–water partition coefficient (Wildman–Crippen LogP) is 2.64. The van der Waals surface area contributed by atoms with E-state index in [9.17, 15) is 8.78 Å². The number of alkyl halides is 1. The molecule has 0 saturated carbocycles. The van der Waals surface area contributed by atoms with E-state index in [1.807, 2.05) is 0 Å². The lowest BCUT2D eigenvalue weighted by molar-refractivity contribution is 0.0970. The van der Waals surface area contributed by atoms with Gasteiger partial charge in [-0.1, -0.05) is 19.4 Å². The largest absolute Gasteiger partial charge is 0.268 e. The number of nitrogens with zero attached hydrogens (tertiary/aromatic N) is 1. The standard InChI is InChI=1S/C9H15F2N/c1-8(10)9(11)12-6-4-2-3-5-7-12/h9H,1-7H2. The van der Waals surface area contributed by atoms with Crippen LogP contribution in [-0.2, 0) is 0 Å². The quantitative estimate of drug-likeness (QED) is 0.583. The molecule has 70 valence electrons. The third-order valence-corrected chi connectivity index (χ3v) is 2.22. The third-order valence-electron chi connectivity index (χ3n) is 2.22. The fraction of sp³-hybridized carbons (Fsp3) is 0.778. The Bertz CT molecular complexity index is 151. The zero-order chi connectivity index (χ0) is 8.97. The number of halogens is 2. The van der Waals surface area contributed by atoms with Gasteiger partial charge in [0.15, 0.2) is 0 Å². The second-order valence-electron chi connectivity index (χ2n) is 3.23. The second kappa shape index (κ2) is 4.55. The molecule has 1 fully saturated rings. The molecule has 1 atom stereocenters. The van der Waals surface area contributed by atoms with Crippen LogP contribution in [0.1, 0.15) is 25.7 Å². The monoisotopic (exact) mass is 175 g/mol. The molecule has 1 aliphatic rings. The van der Waals surface area contributed by atoms with Gasteiger partial charge in [0.25, 0.3) is 0 Å². The van der Waals surface area contributed by atoms with Crippen LogP contribution in [0.5, 0.6) is 0 Å². The lowest BCUT2D eigenvalue weighted by Crippen LogP contribution is -2.33. The van der Waals surface area contributed by atoms with Crippen molar-refractivity contribution >= 4 is 0 Å². The molecule has 0 spiro atoms. The van der Waals surface area contributed by atoms with E-state index in [1.54, 1.807) is 0 Å². The molecular formula is C9H15F2N. The lowest BCUT2D eigenvalue weighted by atomic mass is 10.2. The maximum Gasteiger partial charge on any atom is 0.205 e. The molecule has 1 aliphatic heterocycles. The first-order valence-corrected chi connectivity index (χ1v) is 4.44. The van der Waals surface area contributed by atoms with Crippen LogP contribution in [0.4, 0.5) is 8.78 Å². The van der Waals surface area contributed by atoms with Crippen molar-refractivity contribution in [1.29, 1.82) is 0 Å². The molecule has 3 heteroatoms. The summed E-state index contributed by atoms with van der Waals surface area (Å²) >= 11 is 0. The van der Waals surface area contributed by atoms with E-state index in [-0.39, 0.29) is 0 Å². The summed E-state index contributed by atoms with van der Waals surface area (Å²) in [6, 6.07) is 0. The van der Waals surface area contributed by atoms with Crippen LogP contribution >= 0.6 is 0 Å². The summed E-state index contributed by atoms with van der Waals surface area (Å²) < 4.78 is 25.4. The van der Waals surface area contributed by atoms with Crippen LogP contribution in [0.3, 0.4) is 0 Å². The molecule has 1 saturated heterocycles. The Labute approximate surface area is 72.1 Å². The minimum atomic E-state index is -1.58. The van der Waals surface area contributed by atoms with Crippen molar-refractivity contribution in [2.24, 2.45) is 0 Å². The summed E-state index contributed by atoms with van der Waals surface area (Å²) in [6.07, 6.45) is 2.61. The maximum absolute atomic E-state index is 13.0. The van der Waals surface area contributed by atoms with Crippen molar-refractivity contribution in [2.75, 3.05) is 13.1 Å². The normalized spacial score (nSPS) is 23.2. The van der Waals surface area contributed by atoms with Crippen LogP contribution in [-0.4, -0.2) is 24.3 Å². The molecule has 1 unspecified atom stereocenters. The molecule has 0 bridgehead atoms. The van der Waals surface area contributed by atoms with Crippen molar-refractivity contribution in [3.05, 3.63) is 12.4 Å². The number of rotatable bonds is 2. The SMILES string of the molecule is C=C(F)C(F)N1CCCCCC1. The fourth-order valence-corrected chi connectivity index (χ4v) is 1.52. The Hall–Kier alpha value is -0.440. The van der Waals surface area contributed by atoms with E-state index >= 15 is 0 Å². The molecule has 0 radical (unpaired) electrons. The molecule has 0 amide bonds. The van der Waals surface area contributed by atoms with E-state index < -0.39 is 12.1 Å². The molecule has 1 rings (SSSR count). The van der Waals surface area contributed by atoms with Gasteiger partial charge in [0.05, 0.1) is 0 Å². The van der Waals surface area contributed by atoms with Gasteiger partial charge in [0, 0.05) is 13.1 Å². The maximum atomic E-state index is 13.0. The summed E-state index contributed by atoms with van der Waals surface area (Å²) in [5.74, 6) is -0.864. The highest BCUT2D eigenvalue weighted by molar-refractivity contribution is 4.90. The van der Waals surface area contributed by atoms with E-state index in [1.165, 1.54) is 4.90 Å². The van der Waals surface area contributed by atoms with E-state index in [2.05, 4.69) is 6.58 Å². The molecule has 0 aromatic heterocycles. The molecule has 1 nitrogen and oxygen atoms in total. The Balaban J connectivity index is 2.42. The highest BCUT2D eigenvalue weighted by Crippen LogP contribution is 2.17. The van der Waals surface area contributed by atoms with Gasteiger partial charge < -0.3 is 0 Å². The molecule has 12 heavy (non-hydrogen) atoms. The second-order valence-corrected chi connectivity index (χ2v) is 3.23. The van der Waals surface area contributed by atoms with Crippen molar-refractivity contribution in [1.82, 2.24) is 4.90 Å². The van der Waals surface area contributed by atoms with Gasteiger partial charge in [-0.2, -0.15) is 0 Å². The highest BCUT2D eigenvalue weighted by Gasteiger charge is 2.21. The zero-order valence-corrected chi connectivity index (χ0v) is 7.23. The smallest absolute Gasteiger partial charge is 0.205 e. The molecule has 0 aromatic carbocycles. The van der Waals surface area contributed by atoms with Gasteiger partial charge >= 0.3 is 0 Å². The first-order valence-electron chi connectivity index (χ1n) is 4.44. The van der Waals surface area contributed by atoms with E-state index in [0.717, 1.165) is 25.7 Å². The van der Waals surface area contributed by atoms with Crippen molar-refractivity contribution in [2.45, 2.75) is 32.0 Å². The minimum absolute atomic E-state index is 0.657. The molecule has 1 heterocycles. The average molecular weight is 175 g/mol. The molecule has 0 N–H and O–H groups in total. The highest BCUT2D eigenvalue weighted by atomic mass is 19.2. The third kappa shape index (κ3) is 2.55. The van der Waals surface area contributed by atoms with Crippen molar-refractivity contribution in [3.63, 3.8) is 0 Å². The number of hydrogen-bond acceptors (Lipinski definition) is 1. The van der Waals surface area contributed by atoms with Gasteiger partial charge in [-0.25, -0.2) is 8.78 Å². The van der Waals surface area contributed by atoms with Crippen LogP contribution < -0.4 is 0 Å². The average Bonchev–Trinajstić information content (AvgIpc) is 2.30. The Kier molecular flexibility index (Phi) is 3.66. The van der Waals surface area contributed by atoms with Gasteiger partial charge in [0.2, 0.25) is 6.30 Å². The first kappa shape index (κ1) is 9.65. The summed E-state index contributed by atoms with van der Waals surface area (Å²) in [4.78, 5) is 1.52. The van der Waals surface area contributed by atoms with Crippen molar-refractivity contribution < 1.29 is 8.78 Å². The van der Waals surface area contributed by atoms with Crippen LogP contribution in [0.25, 0.3) is 0 Å². The topological polar surface area (TPSA) is 3.24 Å². The van der Waals surface area contributed by atoms with Gasteiger partial charge in [-0.05, 0) is 12.8 Å². The van der Waals surface area contributed by atoms with Gasteiger partial charge in [-0.15, -0.1) is 0 Å². The van der Waals surface area contributed by atoms with Crippen LogP contribution in [0.2, 0.25) is 0 Å². The molecule has 0 aromatic rings. The Morgan fingerprint density at radius 1 is 1.17 bits per heavy atom. The lowest BCUT2D eigenvalue weighted by Gasteiger charge is -2.22. The Morgan fingerprint density at radius 2 is 1.67 bits per heavy atom.